The number of carbonyl (C=O) groups excluding carboxylic acids is 2. The summed E-state index contributed by atoms with van der Waals surface area (Å²) in [7, 11) is -0.327. The molecule has 0 aliphatic heterocycles. The molecule has 44 heavy (non-hydrogen) atoms. The van der Waals surface area contributed by atoms with Crippen molar-refractivity contribution in [2.24, 2.45) is 5.92 Å². The van der Waals surface area contributed by atoms with E-state index in [1.54, 1.807) is 6.92 Å². The molecule has 1 N–H and O–H groups in total. The van der Waals surface area contributed by atoms with E-state index in [4.69, 9.17) is 25.8 Å². The molecule has 0 aliphatic carbocycles. The van der Waals surface area contributed by atoms with Gasteiger partial charge in [0.25, 0.3) is 10.0 Å². The van der Waals surface area contributed by atoms with Gasteiger partial charge in [-0.1, -0.05) is 37.6 Å². The summed E-state index contributed by atoms with van der Waals surface area (Å²) in [6.45, 7) is 4.97. The van der Waals surface area contributed by atoms with Crippen LogP contribution >= 0.6 is 11.6 Å². The minimum atomic E-state index is -4.47. The number of carbonyl (C=O) groups is 2. The molecule has 0 bridgehead atoms. The van der Waals surface area contributed by atoms with E-state index in [2.05, 4.69) is 5.32 Å². The molecule has 0 aliphatic rings. The van der Waals surface area contributed by atoms with Gasteiger partial charge in [-0.05, 0) is 60.9 Å². The van der Waals surface area contributed by atoms with Crippen LogP contribution in [0.1, 0.15) is 26.3 Å². The molecule has 238 valence electrons. The molecular weight excluding hydrogens is 613 g/mol. The number of hydrogen-bond donors (Lipinski definition) is 1. The minimum Gasteiger partial charge on any atom is -0.495 e. The van der Waals surface area contributed by atoms with Gasteiger partial charge in [0.15, 0.2) is 11.5 Å². The molecule has 0 radical (unpaired) electrons. The number of anilines is 1. The summed E-state index contributed by atoms with van der Waals surface area (Å²) in [6, 6.07) is 12.9. The number of methoxy groups -OCH3 is 3. The molecule has 2 amide bonds. The maximum absolute atomic E-state index is 14.3. The molecule has 1 unspecified atom stereocenters. The van der Waals surface area contributed by atoms with Gasteiger partial charge in [0.05, 0.1) is 31.9 Å². The summed E-state index contributed by atoms with van der Waals surface area (Å²) in [5.74, 6) is -0.831. The molecule has 3 rings (SSSR count). The number of rotatable bonds is 14. The van der Waals surface area contributed by atoms with E-state index in [0.717, 1.165) is 4.31 Å². The second-order valence-electron chi connectivity index (χ2n) is 10.3. The van der Waals surface area contributed by atoms with E-state index in [1.165, 1.54) is 86.9 Å². The SMILES string of the molecule is COc1ccc(S(=O)(=O)N(CC(=O)N(Cc2ccc(F)cc2)C(C)C(=O)NCC(C)C)c2cc(Cl)ccc2OC)cc1OC. The number of sulfonamides is 1. The van der Waals surface area contributed by atoms with Crippen LogP contribution in [-0.2, 0) is 26.2 Å². The second kappa shape index (κ2) is 15.1. The Kier molecular flexibility index (Phi) is 11.8. The first kappa shape index (κ1) is 34.5. The number of nitrogens with zero attached hydrogens (tertiary/aromatic N) is 2. The van der Waals surface area contributed by atoms with Crippen LogP contribution in [0.5, 0.6) is 17.2 Å². The van der Waals surface area contributed by atoms with Gasteiger partial charge in [-0.2, -0.15) is 0 Å². The van der Waals surface area contributed by atoms with Gasteiger partial charge in [0.1, 0.15) is 24.2 Å². The van der Waals surface area contributed by atoms with Gasteiger partial charge >= 0.3 is 0 Å². The highest BCUT2D eigenvalue weighted by Gasteiger charge is 2.34. The average molecular weight is 650 g/mol. The fourth-order valence-electron chi connectivity index (χ4n) is 4.30. The second-order valence-corrected chi connectivity index (χ2v) is 12.6. The van der Waals surface area contributed by atoms with Crippen LogP contribution in [0, 0.1) is 11.7 Å². The lowest BCUT2D eigenvalue weighted by atomic mass is 10.1. The third kappa shape index (κ3) is 8.32. The standard InChI is InChI=1S/C31H37ClFN3O7S/c1-20(2)17-34-31(38)21(3)35(18-22-7-10-24(33)11-8-22)30(37)19-36(26-15-23(32)9-13-27(26)41-4)44(39,40)25-12-14-28(42-5)29(16-25)43-6/h7-16,20-21H,17-19H2,1-6H3,(H,34,38). The molecule has 0 saturated carbocycles. The first-order valence-electron chi connectivity index (χ1n) is 13.7. The highest BCUT2D eigenvalue weighted by molar-refractivity contribution is 7.92. The average Bonchev–Trinajstić information content (AvgIpc) is 3.01. The van der Waals surface area contributed by atoms with Crippen LogP contribution in [0.25, 0.3) is 0 Å². The Balaban J connectivity index is 2.13. The van der Waals surface area contributed by atoms with E-state index in [0.29, 0.717) is 17.9 Å². The largest absolute Gasteiger partial charge is 0.495 e. The number of benzene rings is 3. The zero-order chi connectivity index (χ0) is 32.6. The molecule has 0 fully saturated rings. The molecule has 13 heteroatoms. The number of nitrogens with one attached hydrogen (secondary N) is 1. The summed E-state index contributed by atoms with van der Waals surface area (Å²) < 4.78 is 59.0. The van der Waals surface area contributed by atoms with Crippen molar-refractivity contribution in [3.63, 3.8) is 0 Å². The topological polar surface area (TPSA) is 114 Å². The van der Waals surface area contributed by atoms with Crippen molar-refractivity contribution in [3.8, 4) is 17.2 Å². The van der Waals surface area contributed by atoms with Crippen LogP contribution < -0.4 is 23.8 Å². The summed E-state index contributed by atoms with van der Waals surface area (Å²) in [4.78, 5) is 28.3. The van der Waals surface area contributed by atoms with Gasteiger partial charge in [-0.15, -0.1) is 0 Å². The minimum absolute atomic E-state index is 0.00165. The molecule has 0 spiro atoms. The zero-order valence-corrected chi connectivity index (χ0v) is 27.0. The zero-order valence-electron chi connectivity index (χ0n) is 25.5. The summed E-state index contributed by atoms with van der Waals surface area (Å²) in [5.41, 5.74) is 0.541. The van der Waals surface area contributed by atoms with Gasteiger partial charge in [0, 0.05) is 24.2 Å². The molecule has 3 aromatic carbocycles. The summed E-state index contributed by atoms with van der Waals surface area (Å²) in [6.07, 6.45) is 0. The molecular formula is C31H37ClFN3O7S. The lowest BCUT2D eigenvalue weighted by Gasteiger charge is -2.32. The monoisotopic (exact) mass is 649 g/mol. The van der Waals surface area contributed by atoms with E-state index in [1.807, 2.05) is 13.8 Å². The van der Waals surface area contributed by atoms with Crippen molar-refractivity contribution in [2.45, 2.75) is 38.3 Å². The Hall–Kier alpha value is -4.03. The third-order valence-electron chi connectivity index (χ3n) is 6.75. The molecule has 3 aromatic rings. The summed E-state index contributed by atoms with van der Waals surface area (Å²) in [5, 5.41) is 3.01. The summed E-state index contributed by atoms with van der Waals surface area (Å²) >= 11 is 6.28. The Morgan fingerprint density at radius 2 is 1.50 bits per heavy atom. The smallest absolute Gasteiger partial charge is 0.265 e. The van der Waals surface area contributed by atoms with E-state index in [-0.39, 0.29) is 39.6 Å². The van der Waals surface area contributed by atoms with Crippen molar-refractivity contribution in [1.29, 1.82) is 0 Å². The maximum atomic E-state index is 14.3. The molecule has 0 aromatic heterocycles. The van der Waals surface area contributed by atoms with Crippen LogP contribution in [0.4, 0.5) is 10.1 Å². The third-order valence-corrected chi connectivity index (χ3v) is 8.74. The fraction of sp³-hybridized carbons (Fsp3) is 0.355. The van der Waals surface area contributed by atoms with Crippen LogP contribution in [-0.4, -0.2) is 65.6 Å². The number of amides is 2. The van der Waals surface area contributed by atoms with Crippen LogP contribution in [0.3, 0.4) is 0 Å². The van der Waals surface area contributed by atoms with Gasteiger partial charge < -0.3 is 24.4 Å². The van der Waals surface area contributed by atoms with E-state index < -0.39 is 40.2 Å². The van der Waals surface area contributed by atoms with Gasteiger partial charge in [-0.25, -0.2) is 12.8 Å². The lowest BCUT2D eigenvalue weighted by Crippen LogP contribution is -2.51. The van der Waals surface area contributed by atoms with Crippen LogP contribution in [0.15, 0.2) is 65.6 Å². The van der Waals surface area contributed by atoms with Crippen molar-refractivity contribution >= 4 is 39.1 Å². The Labute approximate surface area is 262 Å². The first-order valence-corrected chi connectivity index (χ1v) is 15.5. The van der Waals surface area contributed by atoms with Crippen molar-refractivity contribution in [3.05, 3.63) is 77.1 Å². The van der Waals surface area contributed by atoms with Crippen molar-refractivity contribution in [2.75, 3.05) is 38.7 Å². The molecule has 0 heterocycles. The van der Waals surface area contributed by atoms with E-state index >= 15 is 0 Å². The number of halogens is 2. The van der Waals surface area contributed by atoms with Crippen LogP contribution in [0.2, 0.25) is 5.02 Å². The molecule has 1 atom stereocenters. The van der Waals surface area contributed by atoms with Crippen molar-refractivity contribution in [1.82, 2.24) is 10.2 Å². The molecule has 10 nitrogen and oxygen atoms in total. The van der Waals surface area contributed by atoms with Gasteiger partial charge in [0.2, 0.25) is 11.8 Å². The number of hydrogen-bond acceptors (Lipinski definition) is 7. The fourth-order valence-corrected chi connectivity index (χ4v) is 5.90. The number of ether oxygens (including phenoxy) is 3. The normalized spacial score (nSPS) is 11.9. The quantitative estimate of drug-likeness (QED) is 0.265. The van der Waals surface area contributed by atoms with Gasteiger partial charge in [-0.3, -0.25) is 13.9 Å². The first-order chi connectivity index (χ1) is 20.8. The lowest BCUT2D eigenvalue weighted by molar-refractivity contribution is -0.139. The molecule has 0 saturated heterocycles. The van der Waals surface area contributed by atoms with E-state index in [9.17, 15) is 22.4 Å². The Bertz CT molecular complexity index is 1570. The predicted octanol–water partition coefficient (Wildman–Crippen LogP) is 4.89. The van der Waals surface area contributed by atoms with Crippen molar-refractivity contribution < 1.29 is 36.6 Å². The Morgan fingerprint density at radius 1 is 0.886 bits per heavy atom. The highest BCUT2D eigenvalue weighted by Crippen LogP contribution is 2.37. The maximum Gasteiger partial charge on any atom is 0.265 e. The predicted molar refractivity (Wildman–Crippen MR) is 166 cm³/mol. The Morgan fingerprint density at radius 3 is 2.09 bits per heavy atom. The highest BCUT2D eigenvalue weighted by atomic mass is 35.5.